The lowest BCUT2D eigenvalue weighted by molar-refractivity contribution is 0.0951. The van der Waals surface area contributed by atoms with E-state index in [1.807, 2.05) is 12.1 Å². The maximum absolute atomic E-state index is 13.0. The number of hydrogen-bond donors (Lipinski definition) is 1. The van der Waals surface area contributed by atoms with E-state index in [9.17, 15) is 4.79 Å². The summed E-state index contributed by atoms with van der Waals surface area (Å²) in [4.78, 5) is 25.3. The van der Waals surface area contributed by atoms with E-state index in [2.05, 4.69) is 9.97 Å². The molecule has 1 aliphatic carbocycles. The molecule has 30 heavy (non-hydrogen) atoms. The smallest absolute Gasteiger partial charge is 0.203 e. The second-order valence-corrected chi connectivity index (χ2v) is 7.70. The Bertz CT molecular complexity index is 1030. The lowest BCUT2D eigenvalue weighted by atomic mass is 9.85. The Morgan fingerprint density at radius 2 is 1.77 bits per heavy atom. The van der Waals surface area contributed by atoms with Crippen LogP contribution in [0.2, 0.25) is 0 Å². The Kier molecular flexibility index (Phi) is 5.88. The summed E-state index contributed by atoms with van der Waals surface area (Å²) in [5, 5.41) is 0. The Balaban J connectivity index is 1.70. The van der Waals surface area contributed by atoms with Gasteiger partial charge in [-0.1, -0.05) is 32.1 Å². The van der Waals surface area contributed by atoms with Gasteiger partial charge >= 0.3 is 0 Å². The Morgan fingerprint density at radius 1 is 1.07 bits per heavy atom. The molecule has 0 aliphatic heterocycles. The minimum Gasteiger partial charge on any atom is -0.493 e. The number of aromatic nitrogens is 3. The molecule has 0 spiro atoms. The molecule has 1 aromatic carbocycles. The molecule has 0 unspecified atom stereocenters. The summed E-state index contributed by atoms with van der Waals surface area (Å²) in [5.41, 5.74) is 3.22. The van der Waals surface area contributed by atoms with Crippen molar-refractivity contribution >= 4 is 16.9 Å². The SMILES string of the molecule is COc1cc(-c2cnc3[nH]cc(C(=O)CC4CCCCC4)c3n2)cc(OC)c1OC. The second kappa shape index (κ2) is 8.73. The number of methoxy groups -OCH3 is 3. The van der Waals surface area contributed by atoms with Crippen molar-refractivity contribution in [3.63, 3.8) is 0 Å². The van der Waals surface area contributed by atoms with E-state index in [1.165, 1.54) is 19.3 Å². The summed E-state index contributed by atoms with van der Waals surface area (Å²) >= 11 is 0. The fourth-order valence-electron chi connectivity index (χ4n) is 4.24. The van der Waals surface area contributed by atoms with E-state index >= 15 is 0 Å². The predicted octanol–water partition coefficient (Wildman–Crippen LogP) is 4.80. The number of nitrogens with zero attached hydrogens (tertiary/aromatic N) is 2. The van der Waals surface area contributed by atoms with Crippen molar-refractivity contribution in [3.05, 3.63) is 30.1 Å². The summed E-state index contributed by atoms with van der Waals surface area (Å²) in [6.45, 7) is 0. The van der Waals surface area contributed by atoms with Crippen LogP contribution in [0.25, 0.3) is 22.4 Å². The zero-order chi connectivity index (χ0) is 21.1. The van der Waals surface area contributed by atoms with Crippen LogP contribution in [0.15, 0.2) is 24.5 Å². The number of ether oxygens (including phenoxy) is 3. The van der Waals surface area contributed by atoms with Crippen LogP contribution >= 0.6 is 0 Å². The topological polar surface area (TPSA) is 86.3 Å². The number of Topliss-reactive ketones (excluding diaryl/α,β-unsaturated/α-hetero) is 1. The van der Waals surface area contributed by atoms with Crippen LogP contribution in [-0.2, 0) is 0 Å². The fourth-order valence-corrected chi connectivity index (χ4v) is 4.24. The summed E-state index contributed by atoms with van der Waals surface area (Å²) in [5.74, 6) is 2.20. The molecule has 2 aromatic heterocycles. The Labute approximate surface area is 175 Å². The molecule has 0 radical (unpaired) electrons. The number of carbonyl (C=O) groups is 1. The zero-order valence-corrected chi connectivity index (χ0v) is 17.7. The van der Waals surface area contributed by atoms with Crippen LogP contribution in [-0.4, -0.2) is 42.1 Å². The first kappa shape index (κ1) is 20.2. The third-order valence-corrected chi connectivity index (χ3v) is 5.84. The number of rotatable bonds is 7. The van der Waals surface area contributed by atoms with Gasteiger partial charge in [0.15, 0.2) is 22.9 Å². The van der Waals surface area contributed by atoms with Crippen molar-refractivity contribution in [2.24, 2.45) is 5.92 Å². The maximum atomic E-state index is 13.0. The van der Waals surface area contributed by atoms with Gasteiger partial charge in [0.2, 0.25) is 5.75 Å². The van der Waals surface area contributed by atoms with Crippen LogP contribution in [0.5, 0.6) is 17.2 Å². The molecule has 0 saturated heterocycles. The molecular formula is C23H27N3O4. The molecule has 2 heterocycles. The van der Waals surface area contributed by atoms with E-state index in [1.54, 1.807) is 33.7 Å². The van der Waals surface area contributed by atoms with Gasteiger partial charge in [-0.25, -0.2) is 9.97 Å². The highest BCUT2D eigenvalue weighted by atomic mass is 16.5. The fraction of sp³-hybridized carbons (Fsp3) is 0.435. The quantitative estimate of drug-likeness (QED) is 0.564. The van der Waals surface area contributed by atoms with E-state index in [0.29, 0.717) is 52.0 Å². The first-order chi connectivity index (χ1) is 14.6. The second-order valence-electron chi connectivity index (χ2n) is 7.70. The molecule has 1 saturated carbocycles. The van der Waals surface area contributed by atoms with E-state index in [-0.39, 0.29) is 5.78 Å². The maximum Gasteiger partial charge on any atom is 0.203 e. The molecule has 0 atom stereocenters. The van der Waals surface area contributed by atoms with Crippen LogP contribution in [0.4, 0.5) is 0 Å². The molecule has 7 nitrogen and oxygen atoms in total. The number of H-pyrrole nitrogens is 1. The zero-order valence-electron chi connectivity index (χ0n) is 17.7. The lowest BCUT2D eigenvalue weighted by Crippen LogP contribution is -2.12. The van der Waals surface area contributed by atoms with Gasteiger partial charge in [0, 0.05) is 18.2 Å². The van der Waals surface area contributed by atoms with E-state index in [0.717, 1.165) is 18.4 Å². The summed E-state index contributed by atoms with van der Waals surface area (Å²) < 4.78 is 16.3. The monoisotopic (exact) mass is 409 g/mol. The first-order valence-corrected chi connectivity index (χ1v) is 10.3. The number of aromatic amines is 1. The number of nitrogens with one attached hydrogen (secondary N) is 1. The normalized spacial score (nSPS) is 14.6. The highest BCUT2D eigenvalue weighted by Gasteiger charge is 2.22. The van der Waals surface area contributed by atoms with E-state index < -0.39 is 0 Å². The van der Waals surface area contributed by atoms with Gasteiger partial charge in [-0.05, 0) is 18.1 Å². The molecule has 158 valence electrons. The molecular weight excluding hydrogens is 382 g/mol. The third kappa shape index (κ3) is 3.84. The number of hydrogen-bond acceptors (Lipinski definition) is 6. The Morgan fingerprint density at radius 3 is 2.40 bits per heavy atom. The van der Waals surface area contributed by atoms with Gasteiger partial charge in [0.1, 0.15) is 5.52 Å². The molecule has 7 heteroatoms. The average molecular weight is 409 g/mol. The van der Waals surface area contributed by atoms with Crippen LogP contribution in [0.1, 0.15) is 48.9 Å². The summed E-state index contributed by atoms with van der Waals surface area (Å²) in [7, 11) is 4.71. The largest absolute Gasteiger partial charge is 0.493 e. The van der Waals surface area contributed by atoms with Crippen molar-refractivity contribution in [3.8, 4) is 28.5 Å². The van der Waals surface area contributed by atoms with Gasteiger partial charge in [0.05, 0.1) is 38.8 Å². The molecule has 0 bridgehead atoms. The average Bonchev–Trinajstić information content (AvgIpc) is 3.22. The molecule has 4 rings (SSSR count). The number of benzene rings is 1. The Hall–Kier alpha value is -3.09. The van der Waals surface area contributed by atoms with Crippen LogP contribution in [0, 0.1) is 5.92 Å². The molecule has 3 aromatic rings. The number of fused-ring (bicyclic) bond motifs is 1. The lowest BCUT2D eigenvalue weighted by Gasteiger charge is -2.20. The minimum atomic E-state index is 0.129. The van der Waals surface area contributed by atoms with Gasteiger partial charge in [-0.2, -0.15) is 0 Å². The molecule has 1 aliphatic rings. The van der Waals surface area contributed by atoms with Crippen molar-refractivity contribution in [1.29, 1.82) is 0 Å². The molecule has 0 amide bonds. The standard InChI is InChI=1S/C23H27N3O4/c1-28-19-10-15(11-20(29-2)22(19)30-3)17-13-25-23-21(26-17)16(12-24-23)18(27)9-14-7-5-4-6-8-14/h10-14H,4-9H2,1-3H3,(H,24,25). The van der Waals surface area contributed by atoms with Crippen LogP contribution in [0.3, 0.4) is 0 Å². The van der Waals surface area contributed by atoms with Crippen molar-refractivity contribution in [1.82, 2.24) is 15.0 Å². The van der Waals surface area contributed by atoms with Crippen molar-refractivity contribution < 1.29 is 19.0 Å². The molecule has 1 fully saturated rings. The number of ketones is 1. The summed E-state index contributed by atoms with van der Waals surface area (Å²) in [6, 6.07) is 3.65. The van der Waals surface area contributed by atoms with Gasteiger partial charge in [-0.15, -0.1) is 0 Å². The van der Waals surface area contributed by atoms with Gasteiger partial charge < -0.3 is 19.2 Å². The minimum absolute atomic E-state index is 0.129. The van der Waals surface area contributed by atoms with Crippen LogP contribution < -0.4 is 14.2 Å². The highest BCUT2D eigenvalue weighted by molar-refractivity contribution is 6.06. The van der Waals surface area contributed by atoms with Crippen molar-refractivity contribution in [2.45, 2.75) is 38.5 Å². The van der Waals surface area contributed by atoms with Gasteiger partial charge in [-0.3, -0.25) is 4.79 Å². The van der Waals surface area contributed by atoms with Gasteiger partial charge in [0.25, 0.3) is 0 Å². The summed E-state index contributed by atoms with van der Waals surface area (Å²) in [6.07, 6.45) is 9.97. The number of carbonyl (C=O) groups excluding carboxylic acids is 1. The highest BCUT2D eigenvalue weighted by Crippen LogP contribution is 2.41. The predicted molar refractivity (Wildman–Crippen MR) is 115 cm³/mol. The molecule has 1 N–H and O–H groups in total. The van der Waals surface area contributed by atoms with E-state index in [4.69, 9.17) is 19.2 Å². The first-order valence-electron chi connectivity index (χ1n) is 10.3. The third-order valence-electron chi connectivity index (χ3n) is 5.84. The van der Waals surface area contributed by atoms with Crippen molar-refractivity contribution in [2.75, 3.05) is 21.3 Å².